The number of esters is 1. The lowest BCUT2D eigenvalue weighted by molar-refractivity contribution is -0.385. The van der Waals surface area contributed by atoms with E-state index in [9.17, 15) is 29.3 Å². The quantitative estimate of drug-likeness (QED) is 0.295. The van der Waals surface area contributed by atoms with E-state index in [0.717, 1.165) is 19.2 Å². The van der Waals surface area contributed by atoms with Crippen LogP contribution in [-0.4, -0.2) is 49.9 Å². The fraction of sp³-hybridized carbons (Fsp3) is 0.238. The van der Waals surface area contributed by atoms with E-state index in [1.807, 2.05) is 0 Å². The molecule has 3 amide bonds. The maximum Gasteiger partial charge on any atom is 0.340 e. The van der Waals surface area contributed by atoms with Crippen LogP contribution in [-0.2, 0) is 14.3 Å². The molecule has 0 fully saturated rings. The lowest BCUT2D eigenvalue weighted by Crippen LogP contribution is -2.19. The predicted molar refractivity (Wildman–Crippen MR) is 121 cm³/mol. The largest absolute Gasteiger partial charge is 0.495 e. The van der Waals surface area contributed by atoms with Gasteiger partial charge in [0, 0.05) is 26.0 Å². The molecule has 0 aliphatic heterocycles. The van der Waals surface area contributed by atoms with Gasteiger partial charge in [0.25, 0.3) is 5.91 Å². The lowest BCUT2D eigenvalue weighted by Gasteiger charge is -2.17. The average molecular weight is 474 g/mol. The fourth-order valence-corrected chi connectivity index (χ4v) is 2.96. The number of nitro groups is 1. The van der Waals surface area contributed by atoms with Crippen LogP contribution in [0.3, 0.4) is 0 Å². The Bertz CT molecular complexity index is 1180. The number of nitrogens with one attached hydrogen (secondary N) is 3. The van der Waals surface area contributed by atoms with E-state index in [1.165, 1.54) is 40.2 Å². The number of nitrogens with zero attached hydrogens (tertiary/aromatic N) is 1. The first kappa shape index (κ1) is 25.6. The van der Waals surface area contributed by atoms with Gasteiger partial charge in [-0.2, -0.15) is 0 Å². The normalized spacial score (nSPS) is 10.0. The van der Waals surface area contributed by atoms with Crippen LogP contribution in [0.5, 0.6) is 11.5 Å². The van der Waals surface area contributed by atoms with Crippen molar-refractivity contribution < 1.29 is 38.3 Å². The van der Waals surface area contributed by atoms with Crippen LogP contribution >= 0.6 is 0 Å². The van der Waals surface area contributed by atoms with Crippen molar-refractivity contribution in [2.24, 2.45) is 0 Å². The smallest absolute Gasteiger partial charge is 0.340 e. The monoisotopic (exact) mass is 474 g/mol. The summed E-state index contributed by atoms with van der Waals surface area (Å²) in [5, 5.41) is 18.7. The van der Waals surface area contributed by atoms with Crippen molar-refractivity contribution in [1.82, 2.24) is 0 Å². The Kier molecular flexibility index (Phi) is 8.10. The predicted octanol–water partition coefficient (Wildman–Crippen LogP) is 2.57. The van der Waals surface area contributed by atoms with Crippen molar-refractivity contribution in [2.45, 2.75) is 13.8 Å². The van der Waals surface area contributed by atoms with Gasteiger partial charge in [0.1, 0.15) is 5.75 Å². The first-order valence-electron chi connectivity index (χ1n) is 9.55. The zero-order valence-corrected chi connectivity index (χ0v) is 18.9. The van der Waals surface area contributed by atoms with E-state index in [0.29, 0.717) is 0 Å². The summed E-state index contributed by atoms with van der Waals surface area (Å²) in [4.78, 5) is 59.1. The first-order valence-corrected chi connectivity index (χ1v) is 9.55. The van der Waals surface area contributed by atoms with E-state index >= 15 is 0 Å². The van der Waals surface area contributed by atoms with Crippen molar-refractivity contribution >= 4 is 46.4 Å². The number of ether oxygens (including phenoxy) is 3. The molecular weight excluding hydrogens is 452 g/mol. The van der Waals surface area contributed by atoms with E-state index in [-0.39, 0.29) is 39.7 Å². The maximum absolute atomic E-state index is 13.1. The molecule has 0 radical (unpaired) electrons. The lowest BCUT2D eigenvalue weighted by atomic mass is 10.1. The summed E-state index contributed by atoms with van der Waals surface area (Å²) in [6.07, 6.45) is 0. The summed E-state index contributed by atoms with van der Waals surface area (Å²) in [5.74, 6) is -2.76. The van der Waals surface area contributed by atoms with Crippen molar-refractivity contribution in [3.63, 3.8) is 0 Å². The Hall–Kier alpha value is -4.68. The van der Waals surface area contributed by atoms with Crippen molar-refractivity contribution in [1.29, 1.82) is 0 Å². The van der Waals surface area contributed by atoms with Gasteiger partial charge in [-0.25, -0.2) is 4.79 Å². The van der Waals surface area contributed by atoms with Crippen LogP contribution in [0.25, 0.3) is 0 Å². The zero-order valence-electron chi connectivity index (χ0n) is 18.9. The van der Waals surface area contributed by atoms with E-state index in [4.69, 9.17) is 14.2 Å². The van der Waals surface area contributed by atoms with Gasteiger partial charge >= 0.3 is 11.7 Å². The minimum atomic E-state index is -0.796. The Balaban J connectivity index is 2.61. The van der Waals surface area contributed by atoms with Crippen molar-refractivity contribution in [2.75, 3.05) is 37.3 Å². The molecule has 2 aromatic rings. The summed E-state index contributed by atoms with van der Waals surface area (Å²) in [7, 11) is 3.64. The second-order valence-corrected chi connectivity index (χ2v) is 6.73. The van der Waals surface area contributed by atoms with E-state index < -0.39 is 34.3 Å². The van der Waals surface area contributed by atoms with Crippen LogP contribution in [0.1, 0.15) is 34.6 Å². The average Bonchev–Trinajstić information content (AvgIpc) is 2.77. The Labute approximate surface area is 193 Å². The summed E-state index contributed by atoms with van der Waals surface area (Å²) < 4.78 is 15.0. The highest BCUT2D eigenvalue weighted by molar-refractivity contribution is 6.12. The second kappa shape index (κ2) is 10.8. The Morgan fingerprint density at radius 2 is 1.29 bits per heavy atom. The highest BCUT2D eigenvalue weighted by Crippen LogP contribution is 2.36. The summed E-state index contributed by atoms with van der Waals surface area (Å²) in [5.41, 5.74) is -0.685. The molecule has 13 heteroatoms. The summed E-state index contributed by atoms with van der Waals surface area (Å²) in [6, 6.07) is 4.64. The third kappa shape index (κ3) is 5.76. The molecule has 0 atom stereocenters. The maximum atomic E-state index is 13.1. The molecule has 0 bridgehead atoms. The Morgan fingerprint density at radius 3 is 1.76 bits per heavy atom. The van der Waals surface area contributed by atoms with Gasteiger partial charge in [-0.1, -0.05) is 0 Å². The number of carbonyl (C=O) groups is 4. The third-order valence-corrected chi connectivity index (χ3v) is 4.37. The number of hydrogen-bond acceptors (Lipinski definition) is 9. The second-order valence-electron chi connectivity index (χ2n) is 6.73. The van der Waals surface area contributed by atoms with Gasteiger partial charge in [0.05, 0.1) is 54.4 Å². The van der Waals surface area contributed by atoms with Crippen LogP contribution < -0.4 is 25.4 Å². The highest BCUT2D eigenvalue weighted by atomic mass is 16.6. The molecule has 0 unspecified atom stereocenters. The third-order valence-electron chi connectivity index (χ3n) is 4.37. The number of benzene rings is 2. The van der Waals surface area contributed by atoms with Gasteiger partial charge in [-0.3, -0.25) is 24.5 Å². The molecule has 0 heterocycles. The molecular formula is C21H22N4O9. The van der Waals surface area contributed by atoms with Crippen molar-refractivity contribution in [3.05, 3.63) is 45.5 Å². The standard InChI is InChI=1S/C21H22N4O9/c1-10(26)22-14-8-16(18(32-3)7-13(14)21(29)34-5)24-20(28)12-6-19(33-4)17(25(30)31)9-15(12)23-11(2)27/h6-9H,1-5H3,(H,22,26)(H,23,27)(H,24,28). The van der Waals surface area contributed by atoms with Gasteiger partial charge in [-0.15, -0.1) is 0 Å². The highest BCUT2D eigenvalue weighted by Gasteiger charge is 2.25. The number of methoxy groups -OCH3 is 3. The van der Waals surface area contributed by atoms with Gasteiger partial charge in [0.15, 0.2) is 5.75 Å². The number of anilines is 3. The van der Waals surface area contributed by atoms with Crippen molar-refractivity contribution in [3.8, 4) is 11.5 Å². The van der Waals surface area contributed by atoms with E-state index in [2.05, 4.69) is 16.0 Å². The Morgan fingerprint density at radius 1 is 0.765 bits per heavy atom. The molecule has 180 valence electrons. The molecule has 13 nitrogen and oxygen atoms in total. The summed E-state index contributed by atoms with van der Waals surface area (Å²) in [6.45, 7) is 2.40. The number of amides is 3. The topological polar surface area (TPSA) is 175 Å². The van der Waals surface area contributed by atoms with Crippen LogP contribution in [0.15, 0.2) is 24.3 Å². The fourth-order valence-electron chi connectivity index (χ4n) is 2.96. The van der Waals surface area contributed by atoms with Gasteiger partial charge < -0.3 is 30.2 Å². The minimum absolute atomic E-state index is 0.0245. The molecule has 34 heavy (non-hydrogen) atoms. The van der Waals surface area contributed by atoms with Crippen LogP contribution in [0, 0.1) is 10.1 Å². The number of carbonyl (C=O) groups excluding carboxylic acids is 4. The number of hydrogen-bond donors (Lipinski definition) is 3. The van der Waals surface area contributed by atoms with E-state index in [1.54, 1.807) is 0 Å². The molecule has 3 N–H and O–H groups in total. The molecule has 0 spiro atoms. The molecule has 0 aliphatic carbocycles. The minimum Gasteiger partial charge on any atom is -0.495 e. The summed E-state index contributed by atoms with van der Waals surface area (Å²) >= 11 is 0. The molecule has 0 saturated heterocycles. The molecule has 2 rings (SSSR count). The SMILES string of the molecule is COC(=O)c1cc(OC)c(NC(=O)c2cc(OC)c([N+](=O)[O-])cc2NC(C)=O)cc1NC(C)=O. The van der Waals surface area contributed by atoms with Crippen LogP contribution in [0.2, 0.25) is 0 Å². The molecule has 2 aromatic carbocycles. The first-order chi connectivity index (χ1) is 16.0. The number of nitro benzene ring substituents is 1. The molecule has 0 aromatic heterocycles. The molecule has 0 saturated carbocycles. The van der Waals surface area contributed by atoms with Gasteiger partial charge in [-0.05, 0) is 12.1 Å². The van der Waals surface area contributed by atoms with Gasteiger partial charge in [0.2, 0.25) is 11.8 Å². The number of rotatable bonds is 8. The molecule has 0 aliphatic rings. The van der Waals surface area contributed by atoms with Crippen LogP contribution in [0.4, 0.5) is 22.7 Å². The zero-order chi connectivity index (χ0) is 25.6.